The van der Waals surface area contributed by atoms with Crippen molar-refractivity contribution in [3.63, 3.8) is 0 Å². The van der Waals surface area contributed by atoms with Crippen LogP contribution in [0.1, 0.15) is 42.7 Å². The van der Waals surface area contributed by atoms with Crippen molar-refractivity contribution in [3.8, 4) is 0 Å². The van der Waals surface area contributed by atoms with Gasteiger partial charge in [-0.05, 0) is 49.0 Å². The van der Waals surface area contributed by atoms with Crippen molar-refractivity contribution in [2.45, 2.75) is 44.1 Å². The van der Waals surface area contributed by atoms with E-state index in [1.165, 1.54) is 23.4 Å². The number of aryl methyl sites for hydroxylation is 1. The number of nitrogens with zero attached hydrogens (tertiary/aromatic N) is 1. The summed E-state index contributed by atoms with van der Waals surface area (Å²) in [7, 11) is 0. The molecule has 1 aliphatic heterocycles. The fourth-order valence-electron chi connectivity index (χ4n) is 3.89. The molecular formula is C19H28N2OS. The Hall–Kier alpha value is -1.00. The number of carbonyl (C=O) groups is 1. The zero-order valence-corrected chi connectivity index (χ0v) is 14.9. The van der Waals surface area contributed by atoms with Gasteiger partial charge in [0.05, 0.1) is 0 Å². The molecule has 1 fully saturated rings. The third-order valence-corrected chi connectivity index (χ3v) is 5.84. The fraction of sp³-hybridized carbons (Fsp3) is 0.632. The van der Waals surface area contributed by atoms with Crippen LogP contribution in [-0.4, -0.2) is 48.5 Å². The topological polar surface area (TPSA) is 32.3 Å². The van der Waals surface area contributed by atoms with Crippen molar-refractivity contribution in [2.75, 3.05) is 31.6 Å². The van der Waals surface area contributed by atoms with Gasteiger partial charge in [0.2, 0.25) is 5.91 Å². The highest BCUT2D eigenvalue weighted by molar-refractivity contribution is 7.98. The number of thioether (sulfide) groups is 1. The summed E-state index contributed by atoms with van der Waals surface area (Å²) in [5.41, 5.74) is 2.84. The number of hydrogen-bond donors (Lipinski definition) is 1. The lowest BCUT2D eigenvalue weighted by atomic mass is 9.97. The van der Waals surface area contributed by atoms with Gasteiger partial charge in [-0.3, -0.25) is 4.79 Å². The van der Waals surface area contributed by atoms with E-state index in [-0.39, 0.29) is 5.91 Å². The standard InChI is InChI=1S/C19H28N2OS/c1-23-13-12-21-10-8-17(9-11-21)20-19(22)14-16-7-6-15-4-2-3-5-18(15)16/h2-5,16-17H,6-14H2,1H3,(H,20,22). The molecule has 1 unspecified atom stereocenters. The van der Waals surface area contributed by atoms with Crippen LogP contribution in [0.15, 0.2) is 24.3 Å². The van der Waals surface area contributed by atoms with Gasteiger partial charge < -0.3 is 10.2 Å². The van der Waals surface area contributed by atoms with Gasteiger partial charge in [0.1, 0.15) is 0 Å². The maximum Gasteiger partial charge on any atom is 0.220 e. The van der Waals surface area contributed by atoms with Gasteiger partial charge >= 0.3 is 0 Å². The van der Waals surface area contributed by atoms with Crippen LogP contribution in [0.5, 0.6) is 0 Å². The number of benzene rings is 1. The van der Waals surface area contributed by atoms with E-state index in [1.807, 2.05) is 11.8 Å². The maximum absolute atomic E-state index is 12.4. The Bertz CT molecular complexity index is 526. The van der Waals surface area contributed by atoms with Gasteiger partial charge in [0.15, 0.2) is 0 Å². The predicted octanol–water partition coefficient (Wildman–Crippen LogP) is 3.05. The van der Waals surface area contributed by atoms with E-state index >= 15 is 0 Å². The summed E-state index contributed by atoms with van der Waals surface area (Å²) in [6.07, 6.45) is 7.27. The second kappa shape index (κ2) is 8.20. The summed E-state index contributed by atoms with van der Waals surface area (Å²) in [5.74, 6) is 1.88. The van der Waals surface area contributed by atoms with E-state index in [9.17, 15) is 4.79 Å². The third kappa shape index (κ3) is 4.51. The molecule has 2 aliphatic rings. The molecule has 0 spiro atoms. The van der Waals surface area contributed by atoms with Crippen molar-refractivity contribution in [3.05, 3.63) is 35.4 Å². The molecule has 1 N–H and O–H groups in total. The van der Waals surface area contributed by atoms with Crippen molar-refractivity contribution in [1.82, 2.24) is 10.2 Å². The molecule has 1 aliphatic carbocycles. The molecule has 4 heteroatoms. The van der Waals surface area contributed by atoms with Crippen molar-refractivity contribution in [1.29, 1.82) is 0 Å². The van der Waals surface area contributed by atoms with Gasteiger partial charge in [-0.1, -0.05) is 24.3 Å². The molecule has 126 valence electrons. The van der Waals surface area contributed by atoms with Crippen molar-refractivity contribution in [2.24, 2.45) is 0 Å². The van der Waals surface area contributed by atoms with Crippen LogP contribution >= 0.6 is 11.8 Å². The molecule has 1 atom stereocenters. The van der Waals surface area contributed by atoms with E-state index in [0.717, 1.165) is 38.8 Å². The van der Waals surface area contributed by atoms with Crippen LogP contribution < -0.4 is 5.32 Å². The normalized spacial score (nSPS) is 22.0. The molecule has 0 radical (unpaired) electrons. The van der Waals surface area contributed by atoms with Crippen LogP contribution in [0.4, 0.5) is 0 Å². The molecule has 3 rings (SSSR count). The number of nitrogens with one attached hydrogen (secondary N) is 1. The largest absolute Gasteiger partial charge is 0.353 e. The van der Waals surface area contributed by atoms with E-state index in [0.29, 0.717) is 18.4 Å². The Labute approximate surface area is 144 Å². The van der Waals surface area contributed by atoms with Gasteiger partial charge in [-0.25, -0.2) is 0 Å². The molecular weight excluding hydrogens is 304 g/mol. The quantitative estimate of drug-likeness (QED) is 0.869. The maximum atomic E-state index is 12.4. The third-order valence-electron chi connectivity index (χ3n) is 5.25. The Morgan fingerprint density at radius 1 is 1.26 bits per heavy atom. The summed E-state index contributed by atoms with van der Waals surface area (Å²) in [6, 6.07) is 8.98. The molecule has 1 aromatic rings. The fourth-order valence-corrected chi connectivity index (χ4v) is 4.33. The lowest BCUT2D eigenvalue weighted by Crippen LogP contribution is -2.45. The zero-order chi connectivity index (χ0) is 16.1. The van der Waals surface area contributed by atoms with Gasteiger partial charge in [-0.2, -0.15) is 11.8 Å². The molecule has 1 saturated heterocycles. The minimum absolute atomic E-state index is 0.245. The summed E-state index contributed by atoms with van der Waals surface area (Å²) in [6.45, 7) is 3.43. The smallest absolute Gasteiger partial charge is 0.220 e. The first-order valence-corrected chi connectivity index (χ1v) is 10.2. The monoisotopic (exact) mass is 332 g/mol. The number of hydrogen-bond acceptors (Lipinski definition) is 3. The van der Waals surface area contributed by atoms with E-state index in [4.69, 9.17) is 0 Å². The Kier molecular flexibility index (Phi) is 6.01. The first-order valence-electron chi connectivity index (χ1n) is 8.84. The molecule has 0 bridgehead atoms. The average Bonchev–Trinajstić information content (AvgIpc) is 2.97. The molecule has 3 nitrogen and oxygen atoms in total. The molecule has 1 aromatic carbocycles. The Balaban J connectivity index is 1.43. The van der Waals surface area contributed by atoms with Crippen LogP contribution in [0.25, 0.3) is 0 Å². The highest BCUT2D eigenvalue weighted by Crippen LogP contribution is 2.35. The van der Waals surface area contributed by atoms with Crippen LogP contribution in [-0.2, 0) is 11.2 Å². The SMILES string of the molecule is CSCCN1CCC(NC(=O)CC2CCc3ccccc32)CC1. The highest BCUT2D eigenvalue weighted by atomic mass is 32.2. The number of likely N-dealkylation sites (tertiary alicyclic amines) is 1. The van der Waals surface area contributed by atoms with Gasteiger partial charge in [0.25, 0.3) is 0 Å². The Morgan fingerprint density at radius 2 is 2.04 bits per heavy atom. The number of piperidine rings is 1. The van der Waals surface area contributed by atoms with E-state index in [2.05, 4.69) is 40.7 Å². The van der Waals surface area contributed by atoms with Crippen LogP contribution in [0.3, 0.4) is 0 Å². The Morgan fingerprint density at radius 3 is 2.83 bits per heavy atom. The van der Waals surface area contributed by atoms with Crippen molar-refractivity contribution < 1.29 is 4.79 Å². The first-order chi connectivity index (χ1) is 11.3. The lowest BCUT2D eigenvalue weighted by molar-refractivity contribution is -0.122. The predicted molar refractivity (Wildman–Crippen MR) is 98.1 cm³/mol. The van der Waals surface area contributed by atoms with E-state index in [1.54, 1.807) is 0 Å². The average molecular weight is 333 g/mol. The molecule has 1 heterocycles. The number of fused-ring (bicyclic) bond motifs is 1. The minimum atomic E-state index is 0.245. The van der Waals surface area contributed by atoms with Gasteiger partial charge in [-0.15, -0.1) is 0 Å². The molecule has 0 saturated carbocycles. The zero-order valence-electron chi connectivity index (χ0n) is 14.1. The molecule has 23 heavy (non-hydrogen) atoms. The van der Waals surface area contributed by atoms with E-state index < -0.39 is 0 Å². The van der Waals surface area contributed by atoms with Crippen LogP contribution in [0, 0.1) is 0 Å². The summed E-state index contributed by atoms with van der Waals surface area (Å²) in [5, 5.41) is 3.28. The summed E-state index contributed by atoms with van der Waals surface area (Å²) < 4.78 is 0. The van der Waals surface area contributed by atoms with Gasteiger partial charge in [0, 0.05) is 37.8 Å². The van der Waals surface area contributed by atoms with Crippen LogP contribution in [0.2, 0.25) is 0 Å². The summed E-state index contributed by atoms with van der Waals surface area (Å²) >= 11 is 1.91. The molecule has 1 amide bonds. The number of carbonyl (C=O) groups excluding carboxylic acids is 1. The molecule has 0 aromatic heterocycles. The lowest BCUT2D eigenvalue weighted by Gasteiger charge is -2.32. The summed E-state index contributed by atoms with van der Waals surface area (Å²) in [4.78, 5) is 14.9. The second-order valence-electron chi connectivity index (χ2n) is 6.81. The number of rotatable bonds is 6. The second-order valence-corrected chi connectivity index (χ2v) is 7.80. The first kappa shape index (κ1) is 16.8. The minimum Gasteiger partial charge on any atom is -0.353 e. The van der Waals surface area contributed by atoms with Crippen molar-refractivity contribution >= 4 is 17.7 Å². The number of amides is 1. The highest BCUT2D eigenvalue weighted by Gasteiger charge is 2.26.